The SMILES string of the molecule is CCC(C)CCCCCC(C)S. The molecule has 0 nitrogen and oxygen atoms in total. The maximum Gasteiger partial charge on any atom is -0.00116 e. The second-order valence-corrected chi connectivity index (χ2v) is 4.88. The third-order valence-electron chi connectivity index (χ3n) is 2.52. The Bertz CT molecular complexity index is 89.0. The van der Waals surface area contributed by atoms with Crippen LogP contribution in [-0.4, -0.2) is 5.25 Å². The van der Waals surface area contributed by atoms with Crippen molar-refractivity contribution in [1.29, 1.82) is 0 Å². The molecule has 0 saturated heterocycles. The Morgan fingerprint density at radius 1 is 1.00 bits per heavy atom. The highest BCUT2D eigenvalue weighted by molar-refractivity contribution is 7.80. The first kappa shape index (κ1) is 12.3. The molecule has 2 unspecified atom stereocenters. The highest BCUT2D eigenvalue weighted by atomic mass is 32.1. The van der Waals surface area contributed by atoms with Crippen molar-refractivity contribution in [2.75, 3.05) is 0 Å². The molecular formula is C11H24S. The standard InChI is InChI=1S/C11H24S/c1-4-10(2)8-6-5-7-9-11(3)12/h10-12H,4-9H2,1-3H3. The first-order valence-electron chi connectivity index (χ1n) is 5.34. The van der Waals surface area contributed by atoms with Crippen LogP contribution in [0.4, 0.5) is 0 Å². The Labute approximate surface area is 83.5 Å². The number of hydrogen-bond acceptors (Lipinski definition) is 1. The molecule has 0 saturated carbocycles. The van der Waals surface area contributed by atoms with Crippen LogP contribution >= 0.6 is 12.6 Å². The maximum absolute atomic E-state index is 4.36. The van der Waals surface area contributed by atoms with Crippen molar-refractivity contribution < 1.29 is 0 Å². The lowest BCUT2D eigenvalue weighted by atomic mass is 10.0. The fourth-order valence-corrected chi connectivity index (χ4v) is 1.50. The van der Waals surface area contributed by atoms with Gasteiger partial charge in [0.2, 0.25) is 0 Å². The quantitative estimate of drug-likeness (QED) is 0.447. The normalized spacial score (nSPS) is 16.0. The summed E-state index contributed by atoms with van der Waals surface area (Å²) in [7, 11) is 0. The Morgan fingerprint density at radius 3 is 2.08 bits per heavy atom. The zero-order chi connectivity index (χ0) is 9.40. The van der Waals surface area contributed by atoms with E-state index in [-0.39, 0.29) is 0 Å². The molecule has 0 amide bonds. The van der Waals surface area contributed by atoms with E-state index in [1.807, 2.05) is 0 Å². The molecule has 74 valence electrons. The van der Waals surface area contributed by atoms with E-state index in [2.05, 4.69) is 33.4 Å². The fraction of sp³-hybridized carbons (Fsp3) is 1.00. The average molecular weight is 188 g/mol. The number of hydrogen-bond donors (Lipinski definition) is 1. The minimum absolute atomic E-state index is 0.591. The second-order valence-electron chi connectivity index (χ2n) is 4.00. The molecule has 0 spiro atoms. The van der Waals surface area contributed by atoms with Crippen molar-refractivity contribution in [3.8, 4) is 0 Å². The summed E-state index contributed by atoms with van der Waals surface area (Å²) < 4.78 is 0. The molecule has 0 aromatic rings. The van der Waals surface area contributed by atoms with Crippen molar-refractivity contribution in [3.63, 3.8) is 0 Å². The number of thiol groups is 1. The smallest absolute Gasteiger partial charge is 0.00116 e. The molecule has 0 aromatic heterocycles. The zero-order valence-corrected chi connectivity index (χ0v) is 9.74. The average Bonchev–Trinajstić information content (AvgIpc) is 2.03. The first-order valence-corrected chi connectivity index (χ1v) is 5.86. The second kappa shape index (κ2) is 7.97. The van der Waals surface area contributed by atoms with Crippen LogP contribution in [0.2, 0.25) is 0 Å². The molecule has 2 atom stereocenters. The van der Waals surface area contributed by atoms with Crippen LogP contribution in [-0.2, 0) is 0 Å². The van der Waals surface area contributed by atoms with Gasteiger partial charge in [0.15, 0.2) is 0 Å². The third-order valence-corrected chi connectivity index (χ3v) is 2.77. The molecule has 0 N–H and O–H groups in total. The molecule has 0 radical (unpaired) electrons. The van der Waals surface area contributed by atoms with Crippen LogP contribution in [0.3, 0.4) is 0 Å². The summed E-state index contributed by atoms with van der Waals surface area (Å²) in [4.78, 5) is 0. The molecule has 0 rings (SSSR count). The highest BCUT2D eigenvalue weighted by Crippen LogP contribution is 2.14. The van der Waals surface area contributed by atoms with Gasteiger partial charge in [-0.05, 0) is 17.6 Å². The fourth-order valence-electron chi connectivity index (χ4n) is 1.31. The summed E-state index contributed by atoms with van der Waals surface area (Å²) in [5, 5.41) is 0.591. The first-order chi connectivity index (χ1) is 5.66. The summed E-state index contributed by atoms with van der Waals surface area (Å²) in [5.41, 5.74) is 0. The van der Waals surface area contributed by atoms with E-state index in [1.54, 1.807) is 0 Å². The lowest BCUT2D eigenvalue weighted by molar-refractivity contribution is 0.475. The summed E-state index contributed by atoms with van der Waals surface area (Å²) in [5.74, 6) is 0.929. The van der Waals surface area contributed by atoms with Crippen molar-refractivity contribution >= 4 is 12.6 Å². The molecule has 0 aliphatic carbocycles. The summed E-state index contributed by atoms with van der Waals surface area (Å²) >= 11 is 4.36. The van der Waals surface area contributed by atoms with E-state index in [0.717, 1.165) is 5.92 Å². The topological polar surface area (TPSA) is 0 Å². The largest absolute Gasteiger partial charge is 0.176 e. The van der Waals surface area contributed by atoms with Gasteiger partial charge in [-0.25, -0.2) is 0 Å². The van der Waals surface area contributed by atoms with Crippen molar-refractivity contribution in [2.45, 2.75) is 64.5 Å². The van der Waals surface area contributed by atoms with E-state index in [0.29, 0.717) is 5.25 Å². The van der Waals surface area contributed by atoms with Crippen molar-refractivity contribution in [3.05, 3.63) is 0 Å². The van der Waals surface area contributed by atoms with Crippen molar-refractivity contribution in [2.24, 2.45) is 5.92 Å². The Kier molecular flexibility index (Phi) is 8.20. The molecule has 0 heterocycles. The lowest BCUT2D eigenvalue weighted by Gasteiger charge is -2.07. The number of rotatable bonds is 7. The van der Waals surface area contributed by atoms with E-state index >= 15 is 0 Å². The van der Waals surface area contributed by atoms with Gasteiger partial charge in [0.1, 0.15) is 0 Å². The van der Waals surface area contributed by atoms with Gasteiger partial charge in [-0.1, -0.05) is 52.9 Å². The summed E-state index contributed by atoms with van der Waals surface area (Å²) in [6.07, 6.45) is 8.20. The lowest BCUT2D eigenvalue weighted by Crippen LogP contribution is -1.93. The Balaban J connectivity index is 3.00. The van der Waals surface area contributed by atoms with Gasteiger partial charge in [0.25, 0.3) is 0 Å². The maximum atomic E-state index is 4.36. The van der Waals surface area contributed by atoms with Crippen LogP contribution in [0.15, 0.2) is 0 Å². The van der Waals surface area contributed by atoms with Crippen LogP contribution in [0.1, 0.15) is 59.3 Å². The van der Waals surface area contributed by atoms with Crippen LogP contribution in [0, 0.1) is 5.92 Å². The van der Waals surface area contributed by atoms with Gasteiger partial charge >= 0.3 is 0 Å². The molecule has 0 bridgehead atoms. The van der Waals surface area contributed by atoms with E-state index in [4.69, 9.17) is 0 Å². The molecule has 0 fully saturated rings. The van der Waals surface area contributed by atoms with E-state index in [9.17, 15) is 0 Å². The predicted octanol–water partition coefficient (Wildman–Crippen LogP) is 4.30. The van der Waals surface area contributed by atoms with Gasteiger partial charge in [0.05, 0.1) is 0 Å². The van der Waals surface area contributed by atoms with Gasteiger partial charge in [0, 0.05) is 0 Å². The van der Waals surface area contributed by atoms with Crippen LogP contribution in [0.25, 0.3) is 0 Å². The zero-order valence-electron chi connectivity index (χ0n) is 8.84. The van der Waals surface area contributed by atoms with Crippen molar-refractivity contribution in [1.82, 2.24) is 0 Å². The molecule has 1 heteroatoms. The van der Waals surface area contributed by atoms with Gasteiger partial charge in [-0.2, -0.15) is 12.6 Å². The number of unbranched alkanes of at least 4 members (excludes halogenated alkanes) is 2. The van der Waals surface area contributed by atoms with Gasteiger partial charge in [-0.15, -0.1) is 0 Å². The van der Waals surface area contributed by atoms with E-state index < -0.39 is 0 Å². The molecule has 0 aliphatic rings. The summed E-state index contributed by atoms with van der Waals surface area (Å²) in [6.45, 7) is 6.81. The van der Waals surface area contributed by atoms with Crippen LogP contribution < -0.4 is 0 Å². The third kappa shape index (κ3) is 8.45. The van der Waals surface area contributed by atoms with Crippen LogP contribution in [0.5, 0.6) is 0 Å². The molecule has 0 aromatic carbocycles. The highest BCUT2D eigenvalue weighted by Gasteiger charge is 1.99. The van der Waals surface area contributed by atoms with E-state index in [1.165, 1.54) is 38.5 Å². The Hall–Kier alpha value is 0.350. The Morgan fingerprint density at radius 2 is 1.58 bits per heavy atom. The predicted molar refractivity (Wildman–Crippen MR) is 61.0 cm³/mol. The minimum atomic E-state index is 0.591. The molecule has 12 heavy (non-hydrogen) atoms. The minimum Gasteiger partial charge on any atom is -0.176 e. The molecule has 0 aliphatic heterocycles. The van der Waals surface area contributed by atoms with Gasteiger partial charge < -0.3 is 0 Å². The molecular weight excluding hydrogens is 164 g/mol. The monoisotopic (exact) mass is 188 g/mol. The summed E-state index contributed by atoms with van der Waals surface area (Å²) in [6, 6.07) is 0. The van der Waals surface area contributed by atoms with Gasteiger partial charge in [-0.3, -0.25) is 0 Å².